The normalized spacial score (nSPS) is 15.6. The third-order valence-electron chi connectivity index (χ3n) is 28.2. The Kier molecular flexibility index (Phi) is 20.1. The van der Waals surface area contributed by atoms with Crippen LogP contribution in [0.15, 0.2) is 291 Å². The quantitative estimate of drug-likeness (QED) is 0.119. The Labute approximate surface area is 860 Å². The summed E-state index contributed by atoms with van der Waals surface area (Å²) in [5.74, 6) is 0.283. The van der Waals surface area contributed by atoms with Crippen molar-refractivity contribution in [3.63, 3.8) is 0 Å². The summed E-state index contributed by atoms with van der Waals surface area (Å²) in [7, 11) is 0. The molecule has 0 radical (unpaired) electrons. The van der Waals surface area contributed by atoms with Gasteiger partial charge in [-0.3, -0.25) is 0 Å². The Hall–Kier alpha value is -12.0. The summed E-state index contributed by atoms with van der Waals surface area (Å²) in [6.07, 6.45) is 0. The molecule has 0 unspecified atom stereocenters. The van der Waals surface area contributed by atoms with Gasteiger partial charge in [-0.15, -0.1) is 0 Å². The molecule has 8 heteroatoms. The second-order valence-corrected chi connectivity index (χ2v) is 50.8. The minimum absolute atomic E-state index is 0.107. The molecule has 0 atom stereocenters. The maximum atomic E-state index is 10.0. The van der Waals surface area contributed by atoms with Crippen molar-refractivity contribution in [1.82, 2.24) is 0 Å². The van der Waals surface area contributed by atoms with E-state index in [9.17, 15) is 21.9 Å². The van der Waals surface area contributed by atoms with E-state index >= 15 is 0 Å². The SMILES string of the molecule is [2H]c1c([2H])c(C(C)(C)C)c([2H])c([2H])c1N(c1cc2c3c(c1)N(c1ccc(C(C)(C)C)cc1)c1ccc(C(C)(C)C)cc1B3c1cc(C(C)(C)C)ccc1N2c1ccc(C(C)C)cc1)c1c([2H])c([2H])c(C(C)(C)C)c([2H])c1[2H].[2H]c1c([2H])c(C(C)(C)C)c([2H])c([2H])c1N1c2ccc(C(C)(C)C)cc2B2c3cc(C(C)(C)C)ccc3N(c3c([2H])c([2H])c(C(C)(C)C)c([2H])c3[2H])c3cc(N(c4ccc(C(C)(C)C)cc4)c4ccc(C(C)(C)C)cc4)cc1c32. The van der Waals surface area contributed by atoms with Crippen molar-refractivity contribution in [3.05, 3.63) is 358 Å². The highest BCUT2D eigenvalue weighted by molar-refractivity contribution is 7.01. The molecule has 0 N–H and O–H groups in total. The zero-order valence-corrected chi connectivity index (χ0v) is 89.4. The average molecular weight is 1850 g/mol. The van der Waals surface area contributed by atoms with Crippen molar-refractivity contribution in [2.24, 2.45) is 0 Å². The van der Waals surface area contributed by atoms with Crippen molar-refractivity contribution in [3.8, 4) is 0 Å². The monoisotopic (exact) mass is 1850 g/mol. The zero-order chi connectivity index (χ0) is 114. The molecule has 714 valence electrons. The molecule has 0 aliphatic carbocycles. The maximum absolute atomic E-state index is 10.0. The van der Waals surface area contributed by atoms with Crippen molar-refractivity contribution in [2.75, 3.05) is 29.4 Å². The number of hydrogen-bond donors (Lipinski definition) is 0. The van der Waals surface area contributed by atoms with Gasteiger partial charge in [-0.25, -0.2) is 0 Å². The minimum atomic E-state index is -0.776. The lowest BCUT2D eigenvalue weighted by molar-refractivity contribution is 0.590. The predicted molar refractivity (Wildman–Crippen MR) is 610 cm³/mol. The van der Waals surface area contributed by atoms with Crippen LogP contribution in [-0.2, 0) is 59.6 Å². The average Bonchev–Trinajstić information content (AvgIpc) is 0.684. The Morgan fingerprint density at radius 1 is 0.194 bits per heavy atom. The van der Waals surface area contributed by atoms with Crippen LogP contribution in [0, 0.1) is 0 Å². The van der Waals surface area contributed by atoms with E-state index in [4.69, 9.17) is 0 Å². The summed E-state index contributed by atoms with van der Waals surface area (Å²) in [5.41, 5.74) is 22.5. The van der Waals surface area contributed by atoms with Crippen LogP contribution in [-0.4, -0.2) is 13.4 Å². The fourth-order valence-corrected chi connectivity index (χ4v) is 19.5. The fraction of sp³-hybridized carbons (Fsp3) is 0.359. The van der Waals surface area contributed by atoms with Crippen LogP contribution in [0.2, 0.25) is 0 Å². The molecule has 4 aliphatic rings. The Morgan fingerprint density at radius 3 is 0.626 bits per heavy atom. The zero-order valence-electron chi connectivity index (χ0n) is 105. The molecule has 18 rings (SSSR count). The third kappa shape index (κ3) is 19.2. The van der Waals surface area contributed by atoms with Gasteiger partial charge in [-0.1, -0.05) is 388 Å². The lowest BCUT2D eigenvalue weighted by Gasteiger charge is -2.45. The van der Waals surface area contributed by atoms with Gasteiger partial charge in [0.2, 0.25) is 0 Å². The molecule has 0 fully saturated rings. The van der Waals surface area contributed by atoms with Crippen LogP contribution in [0.25, 0.3) is 0 Å². The first kappa shape index (κ1) is 79.8. The van der Waals surface area contributed by atoms with E-state index in [1.165, 1.54) is 27.2 Å². The molecule has 139 heavy (non-hydrogen) atoms. The van der Waals surface area contributed by atoms with E-state index in [2.05, 4.69) is 356 Å². The first-order valence-electron chi connectivity index (χ1n) is 58.0. The second-order valence-electron chi connectivity index (χ2n) is 50.8. The van der Waals surface area contributed by atoms with Gasteiger partial charge in [0.25, 0.3) is 13.4 Å². The van der Waals surface area contributed by atoms with Crippen LogP contribution in [0.3, 0.4) is 0 Å². The molecule has 0 saturated carbocycles. The maximum Gasteiger partial charge on any atom is 0.252 e. The van der Waals surface area contributed by atoms with E-state index in [1.807, 2.05) is 105 Å². The molecule has 0 aromatic heterocycles. The van der Waals surface area contributed by atoms with Crippen LogP contribution >= 0.6 is 0 Å². The molecule has 0 amide bonds. The Bertz CT molecular complexity index is 7590. The Morgan fingerprint density at radius 2 is 0.396 bits per heavy atom. The van der Waals surface area contributed by atoms with Crippen molar-refractivity contribution in [2.45, 2.75) is 308 Å². The van der Waals surface area contributed by atoms with E-state index in [-0.39, 0.29) is 181 Å². The highest BCUT2D eigenvalue weighted by Gasteiger charge is 2.48. The Balaban J connectivity index is 0.000000210. The number of fused-ring (bicyclic) bond motifs is 8. The van der Waals surface area contributed by atoms with Gasteiger partial charge in [0.15, 0.2) is 0 Å². The van der Waals surface area contributed by atoms with Crippen LogP contribution in [0.5, 0.6) is 0 Å². The molecule has 14 aromatic carbocycles. The van der Waals surface area contributed by atoms with Gasteiger partial charge in [0.1, 0.15) is 0 Å². The smallest absolute Gasteiger partial charge is 0.252 e. The number of nitrogens with zero attached hydrogens (tertiary/aromatic N) is 6. The van der Waals surface area contributed by atoms with Gasteiger partial charge in [0.05, 0.1) is 33.3 Å². The van der Waals surface area contributed by atoms with Crippen LogP contribution in [0.4, 0.5) is 102 Å². The first-order valence-corrected chi connectivity index (χ1v) is 50.0. The van der Waals surface area contributed by atoms with Gasteiger partial charge in [-0.05, 0) is 310 Å². The number of hydrogen-bond acceptors (Lipinski definition) is 6. The van der Waals surface area contributed by atoms with Gasteiger partial charge >= 0.3 is 0 Å². The summed E-state index contributed by atoms with van der Waals surface area (Å²) >= 11 is 0. The predicted octanol–water partition coefficient (Wildman–Crippen LogP) is 33.9. The second kappa shape index (κ2) is 35.1. The molecule has 0 spiro atoms. The summed E-state index contributed by atoms with van der Waals surface area (Å²) in [4.78, 5) is 12.1. The van der Waals surface area contributed by atoms with E-state index in [0.717, 1.165) is 101 Å². The van der Waals surface area contributed by atoms with Crippen molar-refractivity contribution in [1.29, 1.82) is 0 Å². The highest BCUT2D eigenvalue weighted by atomic mass is 15.2. The van der Waals surface area contributed by atoms with Gasteiger partial charge in [0, 0.05) is 91.0 Å². The molecule has 0 saturated heterocycles. The summed E-state index contributed by atoms with van der Waals surface area (Å²) in [5, 5.41) is 0. The topological polar surface area (TPSA) is 19.4 Å². The lowest BCUT2D eigenvalue weighted by atomic mass is 9.33. The van der Waals surface area contributed by atoms with Crippen molar-refractivity contribution < 1.29 is 21.9 Å². The van der Waals surface area contributed by atoms with E-state index in [1.54, 1.807) is 0 Å². The standard InChI is InChI=1S/C66H78BN3.C65H76BN3/c1-61(2,3)43-19-29-49(30-20-43)68(50-31-21-44(22-32-50)62(4,5)6)53-41-58-60-59(42-53)70(52-35-25-46(26-36-52)64(10,11)12)57-38-28-48(66(16,17)18)40-55(57)67(60)54-39-47(65(13,14)15)27-37-56(54)69(58)51-33-23-45(24-34-51)63(7,8)9;1-42(2)43-18-28-51(29-19-43)68-56-36-26-47(64(12,13)14)38-54(56)66-55-39-48(65(15,16)17)27-37-57(55)69(52-34-24-46(25-35-52)63(9,10)11)59-41-53(40-58(68)60(59)66)67(49-30-20-44(21-31-49)61(3,4)5)50-32-22-45(23-33-50)62(6,7)8/h19-42H,1-18H3;18-42H,1-17H3/i23D,24D,25D,26D,33D,34D,35D,36D;20D,21D,22D,23D,30D,31D,32D,33D. The number of anilines is 18. The minimum Gasteiger partial charge on any atom is -0.311 e. The van der Waals surface area contributed by atoms with E-state index < -0.39 is 28.4 Å². The number of rotatable bonds is 11. The van der Waals surface area contributed by atoms with Gasteiger partial charge in [-0.2, -0.15) is 0 Å². The highest BCUT2D eigenvalue weighted by Crippen LogP contribution is 2.54. The first-order chi connectivity index (χ1) is 71.4. The summed E-state index contributed by atoms with van der Waals surface area (Å²) < 4.78 is 157. The summed E-state index contributed by atoms with van der Waals surface area (Å²) in [6.45, 7) is 72.6. The third-order valence-corrected chi connectivity index (χ3v) is 28.2. The fourth-order valence-electron chi connectivity index (χ4n) is 19.5. The van der Waals surface area contributed by atoms with Gasteiger partial charge < -0.3 is 29.4 Å². The molecule has 4 heterocycles. The molecule has 0 bridgehead atoms. The van der Waals surface area contributed by atoms with Crippen LogP contribution < -0.4 is 62.2 Å². The summed E-state index contributed by atoms with van der Waals surface area (Å²) in [6, 6.07) is 65.9. The molecule has 14 aromatic rings. The molecular weight excluding hydrogens is 1680 g/mol. The largest absolute Gasteiger partial charge is 0.311 e. The lowest BCUT2D eigenvalue weighted by Crippen LogP contribution is -2.61. The molecular formula is C131H154B2N6. The molecule has 6 nitrogen and oxygen atoms in total. The number of benzene rings is 14. The van der Waals surface area contributed by atoms with E-state index in [0.29, 0.717) is 45.3 Å². The molecule has 4 aliphatic heterocycles. The van der Waals surface area contributed by atoms with Crippen LogP contribution in [0.1, 0.15) is 337 Å². The van der Waals surface area contributed by atoms with Crippen molar-refractivity contribution >= 4 is 149 Å².